The Morgan fingerprint density at radius 3 is 2.46 bits per heavy atom. The van der Waals surface area contributed by atoms with E-state index in [1.54, 1.807) is 0 Å². The van der Waals surface area contributed by atoms with Crippen LogP contribution in [0.5, 0.6) is 0 Å². The third kappa shape index (κ3) is 2.62. The molecule has 1 aromatic rings. The topological polar surface area (TPSA) is 0 Å². The largest absolute Gasteiger partial charge is 0.114 e. The second-order valence-electron chi connectivity index (χ2n) is 3.43. The van der Waals surface area contributed by atoms with Crippen molar-refractivity contribution in [3.05, 3.63) is 34.9 Å². The van der Waals surface area contributed by atoms with E-state index in [1.807, 2.05) is 31.2 Å². The lowest BCUT2D eigenvalue weighted by Gasteiger charge is -2.22. The van der Waals surface area contributed by atoms with Gasteiger partial charge in [0, 0.05) is 5.02 Å². The van der Waals surface area contributed by atoms with Crippen molar-refractivity contribution in [2.75, 3.05) is 0 Å². The first kappa shape index (κ1) is 10.9. The molecule has 1 aromatic carbocycles. The Balaban J connectivity index is 2.99. The summed E-state index contributed by atoms with van der Waals surface area (Å²) in [6.07, 6.45) is 2.00. The average Bonchev–Trinajstić information content (AvgIpc) is 2.04. The maximum absolute atomic E-state index is 6.38. The molecule has 0 aliphatic carbocycles. The first-order chi connectivity index (χ1) is 6.08. The predicted octanol–water partition coefficient (Wildman–Crippen LogP) is 4.59. The number of halogens is 2. The van der Waals surface area contributed by atoms with Gasteiger partial charge < -0.3 is 0 Å². The number of hydrogen-bond acceptors (Lipinski definition) is 0. The van der Waals surface area contributed by atoms with Crippen LogP contribution >= 0.6 is 23.2 Å². The summed E-state index contributed by atoms with van der Waals surface area (Å²) in [5, 5.41) is 0.758. The standard InChI is InChI=1S/C11H14Cl2/c1-3-8-11(2,13)9-6-4-5-7-10(9)12/h4-7H,3,8H2,1-2H3. The minimum Gasteiger partial charge on any atom is -0.114 e. The molecule has 1 atom stereocenters. The highest BCUT2D eigenvalue weighted by Crippen LogP contribution is 2.37. The van der Waals surface area contributed by atoms with Crippen molar-refractivity contribution < 1.29 is 0 Å². The molecule has 0 aliphatic rings. The molecule has 1 unspecified atom stereocenters. The molecule has 0 nitrogen and oxygen atoms in total. The van der Waals surface area contributed by atoms with Crippen LogP contribution < -0.4 is 0 Å². The molecule has 0 aliphatic heterocycles. The van der Waals surface area contributed by atoms with Gasteiger partial charge >= 0.3 is 0 Å². The third-order valence-corrected chi connectivity index (χ3v) is 2.88. The normalized spacial score (nSPS) is 15.4. The van der Waals surface area contributed by atoms with Gasteiger partial charge in [-0.05, 0) is 25.0 Å². The lowest BCUT2D eigenvalue weighted by atomic mass is 9.95. The second-order valence-corrected chi connectivity index (χ2v) is 4.67. The number of benzene rings is 1. The van der Waals surface area contributed by atoms with E-state index in [0.29, 0.717) is 0 Å². The molecular weight excluding hydrogens is 203 g/mol. The molecule has 0 N–H and O–H groups in total. The van der Waals surface area contributed by atoms with Crippen molar-refractivity contribution in [1.82, 2.24) is 0 Å². The van der Waals surface area contributed by atoms with Crippen LogP contribution in [0.2, 0.25) is 5.02 Å². The second kappa shape index (κ2) is 4.34. The molecule has 13 heavy (non-hydrogen) atoms. The van der Waals surface area contributed by atoms with E-state index in [4.69, 9.17) is 23.2 Å². The van der Waals surface area contributed by atoms with Gasteiger partial charge in [-0.3, -0.25) is 0 Å². The SMILES string of the molecule is CCCC(C)(Cl)c1ccccc1Cl. The summed E-state index contributed by atoms with van der Waals surface area (Å²) in [5.74, 6) is 0. The van der Waals surface area contributed by atoms with Gasteiger partial charge in [0.2, 0.25) is 0 Å². The number of rotatable bonds is 3. The van der Waals surface area contributed by atoms with Crippen molar-refractivity contribution in [2.24, 2.45) is 0 Å². The maximum Gasteiger partial charge on any atom is 0.0681 e. The maximum atomic E-state index is 6.38. The van der Waals surface area contributed by atoms with Crippen molar-refractivity contribution in [3.8, 4) is 0 Å². The Hall–Kier alpha value is -0.200. The Bertz CT molecular complexity index is 279. The fraction of sp³-hybridized carbons (Fsp3) is 0.455. The Morgan fingerprint density at radius 1 is 1.31 bits per heavy atom. The lowest BCUT2D eigenvalue weighted by molar-refractivity contribution is 0.597. The zero-order chi connectivity index (χ0) is 9.90. The highest BCUT2D eigenvalue weighted by atomic mass is 35.5. The van der Waals surface area contributed by atoms with E-state index in [9.17, 15) is 0 Å². The van der Waals surface area contributed by atoms with E-state index in [-0.39, 0.29) is 4.87 Å². The Labute approximate surface area is 89.9 Å². The quantitative estimate of drug-likeness (QED) is 0.649. The minimum atomic E-state index is -0.326. The molecule has 0 saturated heterocycles. The molecule has 72 valence electrons. The van der Waals surface area contributed by atoms with Crippen molar-refractivity contribution in [2.45, 2.75) is 31.6 Å². The van der Waals surface area contributed by atoms with Crippen LogP contribution in [0.1, 0.15) is 32.3 Å². The van der Waals surface area contributed by atoms with Crippen molar-refractivity contribution >= 4 is 23.2 Å². The van der Waals surface area contributed by atoms with Crippen LogP contribution in [0, 0.1) is 0 Å². The molecule has 0 spiro atoms. The molecule has 1 rings (SSSR count). The number of hydrogen-bond donors (Lipinski definition) is 0. The van der Waals surface area contributed by atoms with Gasteiger partial charge in [-0.1, -0.05) is 43.1 Å². The van der Waals surface area contributed by atoms with Gasteiger partial charge in [0.15, 0.2) is 0 Å². The predicted molar refractivity (Wildman–Crippen MR) is 59.6 cm³/mol. The zero-order valence-corrected chi connectivity index (χ0v) is 9.49. The lowest BCUT2D eigenvalue weighted by Crippen LogP contribution is -2.13. The third-order valence-electron chi connectivity index (χ3n) is 2.15. The molecule has 0 saturated carbocycles. The summed E-state index contributed by atoms with van der Waals surface area (Å²) >= 11 is 12.4. The molecule has 0 aromatic heterocycles. The van der Waals surface area contributed by atoms with E-state index in [0.717, 1.165) is 23.4 Å². The molecular formula is C11H14Cl2. The van der Waals surface area contributed by atoms with Gasteiger partial charge in [0.1, 0.15) is 0 Å². The Kier molecular flexibility index (Phi) is 3.63. The summed E-state index contributed by atoms with van der Waals surface area (Å²) < 4.78 is 0. The van der Waals surface area contributed by atoms with Crippen LogP contribution in [0.25, 0.3) is 0 Å². The van der Waals surface area contributed by atoms with Crippen LogP contribution in [-0.2, 0) is 4.87 Å². The van der Waals surface area contributed by atoms with Gasteiger partial charge in [0.25, 0.3) is 0 Å². The van der Waals surface area contributed by atoms with E-state index < -0.39 is 0 Å². The monoisotopic (exact) mass is 216 g/mol. The van der Waals surface area contributed by atoms with E-state index in [1.165, 1.54) is 0 Å². The van der Waals surface area contributed by atoms with Crippen LogP contribution in [0.15, 0.2) is 24.3 Å². The van der Waals surface area contributed by atoms with Crippen molar-refractivity contribution in [1.29, 1.82) is 0 Å². The van der Waals surface area contributed by atoms with Gasteiger partial charge in [-0.25, -0.2) is 0 Å². The molecule has 0 bridgehead atoms. The van der Waals surface area contributed by atoms with Crippen LogP contribution in [-0.4, -0.2) is 0 Å². The fourth-order valence-corrected chi connectivity index (χ4v) is 2.23. The van der Waals surface area contributed by atoms with Gasteiger partial charge in [0.05, 0.1) is 4.87 Å². The minimum absolute atomic E-state index is 0.326. The van der Waals surface area contributed by atoms with Crippen LogP contribution in [0.4, 0.5) is 0 Å². The summed E-state index contributed by atoms with van der Waals surface area (Å²) in [6.45, 7) is 4.14. The van der Waals surface area contributed by atoms with Gasteiger partial charge in [-0.2, -0.15) is 0 Å². The first-order valence-electron chi connectivity index (χ1n) is 4.52. The first-order valence-corrected chi connectivity index (χ1v) is 5.27. The highest BCUT2D eigenvalue weighted by Gasteiger charge is 2.24. The molecule has 0 fully saturated rings. The average molecular weight is 217 g/mol. The Morgan fingerprint density at radius 2 is 1.92 bits per heavy atom. The van der Waals surface area contributed by atoms with Gasteiger partial charge in [-0.15, -0.1) is 11.6 Å². The summed E-state index contributed by atoms with van der Waals surface area (Å²) in [6, 6.07) is 7.76. The van der Waals surface area contributed by atoms with Crippen LogP contribution in [0.3, 0.4) is 0 Å². The smallest absolute Gasteiger partial charge is 0.0681 e. The molecule has 0 amide bonds. The molecule has 2 heteroatoms. The molecule has 0 heterocycles. The number of alkyl halides is 1. The summed E-state index contributed by atoms with van der Waals surface area (Å²) in [7, 11) is 0. The fourth-order valence-electron chi connectivity index (χ4n) is 1.49. The van der Waals surface area contributed by atoms with E-state index in [2.05, 4.69) is 6.92 Å². The van der Waals surface area contributed by atoms with E-state index >= 15 is 0 Å². The highest BCUT2D eigenvalue weighted by molar-refractivity contribution is 6.33. The van der Waals surface area contributed by atoms with Crippen molar-refractivity contribution in [3.63, 3.8) is 0 Å². The summed E-state index contributed by atoms with van der Waals surface area (Å²) in [4.78, 5) is -0.326. The summed E-state index contributed by atoms with van der Waals surface area (Å²) in [5.41, 5.74) is 1.03. The molecule has 0 radical (unpaired) electrons. The zero-order valence-electron chi connectivity index (χ0n) is 7.98.